The monoisotopic (exact) mass is 572 g/mol. The molecule has 0 saturated heterocycles. The van der Waals surface area contributed by atoms with E-state index in [1.807, 2.05) is 0 Å². The molecule has 0 spiro atoms. The molecule has 0 saturated carbocycles. The number of benzene rings is 7. The second-order valence-corrected chi connectivity index (χ2v) is 11.7. The fourth-order valence-electron chi connectivity index (χ4n) is 7.43. The minimum absolute atomic E-state index is 0.0173. The smallest absolute Gasteiger partial charge is 0.243 e. The highest BCUT2D eigenvalue weighted by Crippen LogP contribution is 2.38. The molecule has 2 aromatic heterocycles. The molecule has 0 aliphatic carbocycles. The van der Waals surface area contributed by atoms with Gasteiger partial charge < -0.3 is 9.13 Å². The molecule has 9 aromatic rings. The third-order valence-electron chi connectivity index (χ3n) is 9.22. The van der Waals surface area contributed by atoms with Crippen LogP contribution in [0.5, 0.6) is 0 Å². The summed E-state index contributed by atoms with van der Waals surface area (Å²) in [6.07, 6.45) is 0. The summed E-state index contributed by atoms with van der Waals surface area (Å²) in [5, 5.41) is 5.13. The maximum atomic E-state index is 2.45. The molecular weight excluding hydrogens is 543 g/mol. The number of hydrogen-bond donors (Lipinski definition) is 0. The zero-order chi connectivity index (χ0) is 29.7. The predicted octanol–water partition coefficient (Wildman–Crippen LogP) is 8.40. The number of rotatable bonds is 5. The summed E-state index contributed by atoms with van der Waals surface area (Å²) in [7, 11) is 0. The van der Waals surface area contributed by atoms with Gasteiger partial charge in [0.2, 0.25) is 6.71 Å². The molecule has 2 nitrogen and oxygen atoms in total. The van der Waals surface area contributed by atoms with Crippen molar-refractivity contribution in [2.45, 2.75) is 0 Å². The SMILES string of the molecule is c1ccc(B(c2ccccc2)c2c3c4ccccc4n(-c4ccccc4)c3cc3c2c2ccccc2n3-c2ccccc2)cc1. The van der Waals surface area contributed by atoms with Gasteiger partial charge in [0.25, 0.3) is 0 Å². The first kappa shape index (κ1) is 25.7. The molecular formula is C42H29BN2. The van der Waals surface area contributed by atoms with E-state index >= 15 is 0 Å². The van der Waals surface area contributed by atoms with Crippen molar-refractivity contribution < 1.29 is 0 Å². The fraction of sp³-hybridized carbons (Fsp3) is 0. The second kappa shape index (κ2) is 10.4. The minimum atomic E-state index is 0.0173. The van der Waals surface area contributed by atoms with Crippen molar-refractivity contribution in [2.75, 3.05) is 0 Å². The first-order valence-corrected chi connectivity index (χ1v) is 15.6. The van der Waals surface area contributed by atoms with Crippen LogP contribution < -0.4 is 16.4 Å². The second-order valence-electron chi connectivity index (χ2n) is 11.7. The van der Waals surface area contributed by atoms with E-state index in [1.54, 1.807) is 0 Å². The molecule has 0 fully saturated rings. The van der Waals surface area contributed by atoms with Crippen molar-refractivity contribution in [2.24, 2.45) is 0 Å². The van der Waals surface area contributed by atoms with Crippen LogP contribution >= 0.6 is 0 Å². The summed E-state index contributed by atoms with van der Waals surface area (Å²) < 4.78 is 4.90. The molecule has 0 radical (unpaired) electrons. The van der Waals surface area contributed by atoms with Crippen LogP contribution in [0, 0.1) is 0 Å². The molecule has 0 bridgehead atoms. The lowest BCUT2D eigenvalue weighted by Gasteiger charge is -2.20. The Morgan fingerprint density at radius 1 is 0.333 bits per heavy atom. The largest absolute Gasteiger partial charge is 0.309 e. The molecule has 3 heteroatoms. The summed E-state index contributed by atoms with van der Waals surface area (Å²) in [5.41, 5.74) is 11.1. The lowest BCUT2D eigenvalue weighted by molar-refractivity contribution is 1.16. The molecule has 0 atom stereocenters. The van der Waals surface area contributed by atoms with Crippen molar-refractivity contribution in [1.29, 1.82) is 0 Å². The Morgan fingerprint density at radius 2 is 0.689 bits per heavy atom. The Labute approximate surface area is 262 Å². The standard InChI is InChI=1S/C42H29BN2/c1-5-17-30(18-6-1)43(31-19-7-2-8-20-31)42-40-34-25-13-15-27-36(34)44(32-21-9-3-10-22-32)38(40)29-39-41(42)35-26-14-16-28-37(35)45(39)33-23-11-4-12-24-33/h1-29H. The van der Waals surface area contributed by atoms with E-state index in [0.717, 1.165) is 11.4 Å². The Morgan fingerprint density at radius 3 is 1.11 bits per heavy atom. The van der Waals surface area contributed by atoms with Gasteiger partial charge in [-0.3, -0.25) is 0 Å². The van der Waals surface area contributed by atoms with Crippen LogP contribution in [0.3, 0.4) is 0 Å². The van der Waals surface area contributed by atoms with Crippen LogP contribution in [-0.4, -0.2) is 15.8 Å². The number of para-hydroxylation sites is 4. The number of hydrogen-bond acceptors (Lipinski definition) is 0. The average molecular weight is 573 g/mol. The molecule has 9 rings (SSSR count). The molecule has 45 heavy (non-hydrogen) atoms. The van der Waals surface area contributed by atoms with E-state index in [0.29, 0.717) is 0 Å². The van der Waals surface area contributed by atoms with Crippen LogP contribution in [0.15, 0.2) is 176 Å². The topological polar surface area (TPSA) is 9.86 Å². The number of fused-ring (bicyclic) bond motifs is 6. The Balaban J connectivity index is 1.58. The lowest BCUT2D eigenvalue weighted by atomic mass is 9.36. The van der Waals surface area contributed by atoms with Crippen molar-refractivity contribution in [1.82, 2.24) is 9.13 Å². The highest BCUT2D eigenvalue weighted by Gasteiger charge is 2.31. The van der Waals surface area contributed by atoms with Crippen LogP contribution in [0.25, 0.3) is 55.0 Å². The summed E-state index contributed by atoms with van der Waals surface area (Å²) >= 11 is 0. The van der Waals surface area contributed by atoms with E-state index in [-0.39, 0.29) is 6.71 Å². The van der Waals surface area contributed by atoms with E-state index in [1.165, 1.54) is 60.0 Å². The van der Waals surface area contributed by atoms with Crippen LogP contribution in [0.1, 0.15) is 0 Å². The normalized spacial score (nSPS) is 11.6. The molecule has 2 heterocycles. The van der Waals surface area contributed by atoms with Gasteiger partial charge >= 0.3 is 0 Å². The molecule has 0 amide bonds. The fourth-order valence-corrected chi connectivity index (χ4v) is 7.43. The molecule has 0 aliphatic rings. The van der Waals surface area contributed by atoms with Gasteiger partial charge in [0.15, 0.2) is 0 Å². The summed E-state index contributed by atoms with van der Waals surface area (Å²) in [4.78, 5) is 0. The van der Waals surface area contributed by atoms with Gasteiger partial charge in [-0.15, -0.1) is 0 Å². The highest BCUT2D eigenvalue weighted by atomic mass is 15.0. The van der Waals surface area contributed by atoms with Crippen LogP contribution in [-0.2, 0) is 0 Å². The van der Waals surface area contributed by atoms with Gasteiger partial charge in [-0.1, -0.05) is 144 Å². The maximum Gasteiger partial charge on any atom is 0.243 e. The van der Waals surface area contributed by atoms with Crippen molar-refractivity contribution in [3.05, 3.63) is 176 Å². The zero-order valence-electron chi connectivity index (χ0n) is 24.7. The molecule has 0 N–H and O–H groups in total. The molecule has 0 aliphatic heterocycles. The van der Waals surface area contributed by atoms with Gasteiger partial charge in [-0.05, 0) is 47.9 Å². The van der Waals surface area contributed by atoms with E-state index in [4.69, 9.17) is 0 Å². The Hall–Kier alpha value is -5.80. The first-order valence-electron chi connectivity index (χ1n) is 15.6. The summed E-state index contributed by atoms with van der Waals surface area (Å²) in [6, 6.07) is 63.9. The zero-order valence-corrected chi connectivity index (χ0v) is 24.7. The van der Waals surface area contributed by atoms with Gasteiger partial charge in [0.1, 0.15) is 0 Å². The van der Waals surface area contributed by atoms with Crippen molar-refractivity contribution in [3.63, 3.8) is 0 Å². The summed E-state index contributed by atoms with van der Waals surface area (Å²) in [6.45, 7) is 0.0173. The van der Waals surface area contributed by atoms with Crippen LogP contribution in [0.2, 0.25) is 0 Å². The number of aromatic nitrogens is 2. The van der Waals surface area contributed by atoms with Gasteiger partial charge in [0, 0.05) is 32.9 Å². The average Bonchev–Trinajstić information content (AvgIpc) is 3.62. The number of nitrogens with zero attached hydrogens (tertiary/aromatic N) is 2. The van der Waals surface area contributed by atoms with Crippen LogP contribution in [0.4, 0.5) is 0 Å². The first-order chi connectivity index (χ1) is 22.4. The quantitative estimate of drug-likeness (QED) is 0.183. The Bertz CT molecular complexity index is 2290. The van der Waals surface area contributed by atoms with Crippen molar-refractivity contribution >= 4 is 66.7 Å². The van der Waals surface area contributed by atoms with Gasteiger partial charge in [-0.25, -0.2) is 0 Å². The van der Waals surface area contributed by atoms with Crippen molar-refractivity contribution in [3.8, 4) is 11.4 Å². The molecule has 210 valence electrons. The Kier molecular flexibility index (Phi) is 5.95. The summed E-state index contributed by atoms with van der Waals surface area (Å²) in [5.74, 6) is 0. The van der Waals surface area contributed by atoms with E-state index in [2.05, 4.69) is 185 Å². The highest BCUT2D eigenvalue weighted by molar-refractivity contribution is 6.98. The maximum absolute atomic E-state index is 2.45. The third-order valence-corrected chi connectivity index (χ3v) is 9.22. The lowest BCUT2D eigenvalue weighted by Crippen LogP contribution is -2.52. The molecule has 7 aromatic carbocycles. The van der Waals surface area contributed by atoms with Gasteiger partial charge in [0.05, 0.1) is 22.1 Å². The van der Waals surface area contributed by atoms with E-state index in [9.17, 15) is 0 Å². The van der Waals surface area contributed by atoms with E-state index < -0.39 is 0 Å². The third kappa shape index (κ3) is 3.98. The predicted molar refractivity (Wildman–Crippen MR) is 193 cm³/mol. The molecule has 0 unspecified atom stereocenters. The minimum Gasteiger partial charge on any atom is -0.309 e. The van der Waals surface area contributed by atoms with Gasteiger partial charge in [-0.2, -0.15) is 0 Å².